The Morgan fingerprint density at radius 3 is 2.71 bits per heavy atom. The van der Waals surface area contributed by atoms with Crippen LogP contribution < -0.4 is 0 Å². The van der Waals surface area contributed by atoms with Gasteiger partial charge in [-0.15, -0.1) is 0 Å². The lowest BCUT2D eigenvalue weighted by Crippen LogP contribution is -2.40. The van der Waals surface area contributed by atoms with Crippen LogP contribution in [-0.4, -0.2) is 72.4 Å². The van der Waals surface area contributed by atoms with Crippen LogP contribution in [0.3, 0.4) is 0 Å². The zero-order chi connectivity index (χ0) is 14.9. The third-order valence-corrected chi connectivity index (χ3v) is 5.40. The lowest BCUT2D eigenvalue weighted by atomic mass is 9.88. The average molecular weight is 296 g/mol. The first kappa shape index (κ1) is 15.3. The second kappa shape index (κ2) is 6.23. The quantitative estimate of drug-likeness (QED) is 0.812. The average Bonchev–Trinajstić information content (AvgIpc) is 3.28. The molecule has 1 aliphatic carbocycles. The highest BCUT2D eigenvalue weighted by Gasteiger charge is 2.53. The molecule has 2 heterocycles. The summed E-state index contributed by atoms with van der Waals surface area (Å²) in [6, 6.07) is 0. The van der Waals surface area contributed by atoms with Gasteiger partial charge in [-0.05, 0) is 31.7 Å². The number of carbonyl (C=O) groups excluding carboxylic acids is 1. The highest BCUT2D eigenvalue weighted by atomic mass is 16.5. The van der Waals surface area contributed by atoms with Gasteiger partial charge in [0.25, 0.3) is 0 Å². The Balaban J connectivity index is 1.41. The normalized spacial score (nSPS) is 34.4. The summed E-state index contributed by atoms with van der Waals surface area (Å²) >= 11 is 0. The summed E-state index contributed by atoms with van der Waals surface area (Å²) in [6.45, 7) is 7.92. The number of hydrogen-bond donors (Lipinski definition) is 1. The van der Waals surface area contributed by atoms with Crippen LogP contribution in [0.15, 0.2) is 0 Å². The van der Waals surface area contributed by atoms with Gasteiger partial charge in [-0.2, -0.15) is 0 Å². The number of aliphatic hydroxyl groups is 1. The molecule has 0 aromatic rings. The van der Waals surface area contributed by atoms with E-state index in [-0.39, 0.29) is 11.8 Å². The van der Waals surface area contributed by atoms with Crippen molar-refractivity contribution >= 4 is 5.91 Å². The van der Waals surface area contributed by atoms with Gasteiger partial charge in [0.1, 0.15) is 0 Å². The fourth-order valence-corrected chi connectivity index (χ4v) is 3.76. The van der Waals surface area contributed by atoms with Crippen LogP contribution in [-0.2, 0) is 9.53 Å². The topological polar surface area (TPSA) is 53.0 Å². The van der Waals surface area contributed by atoms with Crippen LogP contribution in [0.2, 0.25) is 0 Å². The predicted molar refractivity (Wildman–Crippen MR) is 79.9 cm³/mol. The largest absolute Gasteiger partial charge is 0.387 e. The van der Waals surface area contributed by atoms with Crippen LogP contribution in [0.4, 0.5) is 0 Å². The molecule has 3 fully saturated rings. The first-order valence-corrected chi connectivity index (χ1v) is 8.40. The maximum atomic E-state index is 12.3. The monoisotopic (exact) mass is 296 g/mol. The fraction of sp³-hybridized carbons (Fsp3) is 0.938. The van der Waals surface area contributed by atoms with Gasteiger partial charge in [-0.3, -0.25) is 9.69 Å². The summed E-state index contributed by atoms with van der Waals surface area (Å²) in [4.78, 5) is 16.6. The van der Waals surface area contributed by atoms with Gasteiger partial charge in [0.05, 0.1) is 18.8 Å². The summed E-state index contributed by atoms with van der Waals surface area (Å²) in [5.74, 6) is 0.860. The molecule has 0 aromatic heterocycles. The molecule has 0 aromatic carbocycles. The fourth-order valence-electron chi connectivity index (χ4n) is 3.76. The van der Waals surface area contributed by atoms with E-state index in [1.165, 1.54) is 0 Å². The third kappa shape index (κ3) is 3.41. The van der Waals surface area contributed by atoms with Crippen LogP contribution in [0.1, 0.15) is 32.6 Å². The molecule has 3 aliphatic rings. The molecule has 0 radical (unpaired) electrons. The van der Waals surface area contributed by atoms with E-state index in [1.807, 2.05) is 4.90 Å². The summed E-state index contributed by atoms with van der Waals surface area (Å²) in [6.07, 6.45) is 3.76. The van der Waals surface area contributed by atoms with Gasteiger partial charge in [0.2, 0.25) is 5.91 Å². The van der Waals surface area contributed by atoms with Gasteiger partial charge in [-0.25, -0.2) is 0 Å². The number of morpholine rings is 1. The molecule has 3 rings (SSSR count). The van der Waals surface area contributed by atoms with Gasteiger partial charge in [0, 0.05) is 38.5 Å². The van der Waals surface area contributed by atoms with Gasteiger partial charge in [-0.1, -0.05) is 6.92 Å². The van der Waals surface area contributed by atoms with Crippen LogP contribution in [0, 0.1) is 11.8 Å². The maximum absolute atomic E-state index is 12.3. The lowest BCUT2D eigenvalue weighted by molar-refractivity contribution is -0.131. The van der Waals surface area contributed by atoms with E-state index in [9.17, 15) is 9.90 Å². The second-order valence-corrected chi connectivity index (χ2v) is 7.00. The van der Waals surface area contributed by atoms with Crippen molar-refractivity contribution in [2.75, 3.05) is 45.9 Å². The SMILES string of the molecule is C[C@@H]1CN(C(=O)CCCN2CCOCC2)C[C@@]1(O)C1CC1. The minimum Gasteiger partial charge on any atom is -0.387 e. The molecule has 1 amide bonds. The number of nitrogens with zero attached hydrogens (tertiary/aromatic N) is 2. The molecule has 1 N–H and O–H groups in total. The van der Waals surface area contributed by atoms with Gasteiger partial charge < -0.3 is 14.7 Å². The zero-order valence-electron chi connectivity index (χ0n) is 13.1. The maximum Gasteiger partial charge on any atom is 0.222 e. The Morgan fingerprint density at radius 2 is 2.05 bits per heavy atom. The van der Waals surface area contributed by atoms with E-state index >= 15 is 0 Å². The molecule has 2 aliphatic heterocycles. The molecule has 2 atom stereocenters. The van der Waals surface area contributed by atoms with Crippen molar-refractivity contribution in [2.45, 2.75) is 38.2 Å². The first-order chi connectivity index (χ1) is 10.1. The number of likely N-dealkylation sites (tertiary alicyclic amines) is 1. The van der Waals surface area contributed by atoms with Crippen LogP contribution in [0.5, 0.6) is 0 Å². The molecule has 5 heteroatoms. The van der Waals surface area contributed by atoms with Gasteiger partial charge in [0.15, 0.2) is 0 Å². The van der Waals surface area contributed by atoms with E-state index in [0.717, 1.165) is 58.7 Å². The summed E-state index contributed by atoms with van der Waals surface area (Å²) in [5.41, 5.74) is -0.611. The van der Waals surface area contributed by atoms with Crippen molar-refractivity contribution in [3.8, 4) is 0 Å². The Morgan fingerprint density at radius 1 is 1.33 bits per heavy atom. The van der Waals surface area contributed by atoms with Gasteiger partial charge >= 0.3 is 0 Å². The van der Waals surface area contributed by atoms with Crippen LogP contribution >= 0.6 is 0 Å². The molecule has 0 spiro atoms. The van der Waals surface area contributed by atoms with Crippen LogP contribution in [0.25, 0.3) is 0 Å². The highest BCUT2D eigenvalue weighted by molar-refractivity contribution is 5.76. The van der Waals surface area contributed by atoms with E-state index < -0.39 is 5.60 Å². The predicted octanol–water partition coefficient (Wildman–Crippen LogP) is 0.718. The second-order valence-electron chi connectivity index (χ2n) is 7.00. The number of amides is 1. The number of rotatable bonds is 5. The Hall–Kier alpha value is -0.650. The molecule has 1 saturated carbocycles. The van der Waals surface area contributed by atoms with E-state index in [0.29, 0.717) is 18.9 Å². The molecular formula is C16H28N2O3. The number of hydrogen-bond acceptors (Lipinski definition) is 4. The number of ether oxygens (including phenoxy) is 1. The molecule has 120 valence electrons. The molecule has 5 nitrogen and oxygen atoms in total. The van der Waals surface area contributed by atoms with E-state index in [1.54, 1.807) is 0 Å². The van der Waals surface area contributed by atoms with Crippen molar-refractivity contribution in [1.29, 1.82) is 0 Å². The first-order valence-electron chi connectivity index (χ1n) is 8.40. The van der Waals surface area contributed by atoms with E-state index in [2.05, 4.69) is 11.8 Å². The highest BCUT2D eigenvalue weighted by Crippen LogP contribution is 2.47. The summed E-state index contributed by atoms with van der Waals surface area (Å²) in [5, 5.41) is 10.7. The molecule has 2 saturated heterocycles. The Bertz CT molecular complexity index is 380. The summed E-state index contributed by atoms with van der Waals surface area (Å²) < 4.78 is 5.33. The smallest absolute Gasteiger partial charge is 0.222 e. The molecule has 0 unspecified atom stereocenters. The van der Waals surface area contributed by atoms with Crippen molar-refractivity contribution in [1.82, 2.24) is 9.80 Å². The molecular weight excluding hydrogens is 268 g/mol. The Kier molecular flexibility index (Phi) is 4.52. The lowest BCUT2D eigenvalue weighted by Gasteiger charge is -2.27. The number of carbonyl (C=O) groups is 1. The van der Waals surface area contributed by atoms with Crippen molar-refractivity contribution in [3.63, 3.8) is 0 Å². The Labute approximate surface area is 127 Å². The standard InChI is InChI=1S/C16H28N2O3/c1-13-11-18(12-16(13,20)14-4-5-14)15(19)3-2-6-17-7-9-21-10-8-17/h13-14,20H,2-12H2,1H3/t13-,16+/m1/s1. The van der Waals surface area contributed by atoms with Crippen molar-refractivity contribution in [2.24, 2.45) is 11.8 Å². The van der Waals surface area contributed by atoms with E-state index in [4.69, 9.17) is 4.74 Å². The van der Waals surface area contributed by atoms with Crippen molar-refractivity contribution < 1.29 is 14.6 Å². The number of β-amino-alcohol motifs (C(OH)–C–C–N with tert-alkyl or cyclic N) is 1. The summed E-state index contributed by atoms with van der Waals surface area (Å²) in [7, 11) is 0. The van der Waals surface area contributed by atoms with Crippen molar-refractivity contribution in [3.05, 3.63) is 0 Å². The third-order valence-electron chi connectivity index (χ3n) is 5.40. The molecule has 0 bridgehead atoms. The minimum atomic E-state index is -0.611. The molecule has 21 heavy (non-hydrogen) atoms. The zero-order valence-corrected chi connectivity index (χ0v) is 13.1. The minimum absolute atomic E-state index is 0.215.